The zero-order chi connectivity index (χ0) is 31.0. The van der Waals surface area contributed by atoms with Gasteiger partial charge in [0.15, 0.2) is 0 Å². The smallest absolute Gasteiger partial charge is 0.264 e. The lowest BCUT2D eigenvalue weighted by Gasteiger charge is -2.34. The molecule has 0 aliphatic carbocycles. The summed E-state index contributed by atoms with van der Waals surface area (Å²) in [5, 5.41) is 2.95. The Morgan fingerprint density at radius 3 is 2.00 bits per heavy atom. The highest BCUT2D eigenvalue weighted by Crippen LogP contribution is 2.25. The van der Waals surface area contributed by atoms with E-state index in [1.807, 2.05) is 75.4 Å². The molecule has 0 radical (unpaired) electrons. The van der Waals surface area contributed by atoms with Gasteiger partial charge in [-0.1, -0.05) is 72.8 Å². The average Bonchev–Trinajstić information content (AvgIpc) is 2.99. The van der Waals surface area contributed by atoms with Crippen LogP contribution < -0.4 is 9.62 Å². The van der Waals surface area contributed by atoms with E-state index in [0.717, 1.165) is 33.1 Å². The molecule has 9 heteroatoms. The number of carbonyl (C=O) groups is 2. The van der Waals surface area contributed by atoms with Crippen molar-refractivity contribution in [1.29, 1.82) is 0 Å². The van der Waals surface area contributed by atoms with Gasteiger partial charge in [-0.15, -0.1) is 0 Å². The van der Waals surface area contributed by atoms with E-state index in [-0.39, 0.29) is 35.5 Å². The molecule has 0 saturated carbocycles. The summed E-state index contributed by atoms with van der Waals surface area (Å²) in [7, 11) is -4.29. The van der Waals surface area contributed by atoms with Gasteiger partial charge in [-0.25, -0.2) is 12.8 Å². The maximum Gasteiger partial charge on any atom is 0.264 e. The van der Waals surface area contributed by atoms with E-state index in [9.17, 15) is 22.4 Å². The number of carbonyl (C=O) groups excluding carboxylic acids is 2. The number of rotatable bonds is 12. The van der Waals surface area contributed by atoms with E-state index in [1.54, 1.807) is 30.3 Å². The van der Waals surface area contributed by atoms with Gasteiger partial charge in [-0.2, -0.15) is 0 Å². The fourth-order valence-electron chi connectivity index (χ4n) is 4.76. The number of amides is 2. The van der Waals surface area contributed by atoms with Gasteiger partial charge in [0.1, 0.15) is 18.4 Å². The normalized spacial score (nSPS) is 12.0. The van der Waals surface area contributed by atoms with Crippen LogP contribution in [0.25, 0.3) is 0 Å². The quantitative estimate of drug-likeness (QED) is 0.233. The van der Waals surface area contributed by atoms with Gasteiger partial charge in [-0.05, 0) is 73.9 Å². The number of hydrogen-bond acceptors (Lipinski definition) is 4. The monoisotopic (exact) mass is 601 g/mol. The summed E-state index contributed by atoms with van der Waals surface area (Å²) in [4.78, 5) is 29.4. The molecule has 0 aromatic heterocycles. The highest BCUT2D eigenvalue weighted by atomic mass is 32.2. The number of benzene rings is 4. The van der Waals surface area contributed by atoms with Crippen LogP contribution in [0.4, 0.5) is 10.1 Å². The first kappa shape index (κ1) is 31.4. The fourth-order valence-corrected chi connectivity index (χ4v) is 6.18. The van der Waals surface area contributed by atoms with E-state index >= 15 is 0 Å². The van der Waals surface area contributed by atoms with Crippen molar-refractivity contribution >= 4 is 27.5 Å². The minimum Gasteiger partial charge on any atom is -0.352 e. The van der Waals surface area contributed by atoms with Crippen LogP contribution in [0.15, 0.2) is 114 Å². The summed E-state index contributed by atoms with van der Waals surface area (Å²) >= 11 is 0. The van der Waals surface area contributed by atoms with E-state index < -0.39 is 34.3 Å². The summed E-state index contributed by atoms with van der Waals surface area (Å²) in [5.74, 6) is -1.48. The topological polar surface area (TPSA) is 86.8 Å². The van der Waals surface area contributed by atoms with Gasteiger partial charge in [0.2, 0.25) is 11.8 Å². The van der Waals surface area contributed by atoms with E-state index in [2.05, 4.69) is 5.32 Å². The molecule has 0 aliphatic heterocycles. The van der Waals surface area contributed by atoms with Gasteiger partial charge in [0.05, 0.1) is 10.6 Å². The molecule has 0 saturated heterocycles. The first-order chi connectivity index (χ1) is 20.6. The first-order valence-corrected chi connectivity index (χ1v) is 15.5. The Morgan fingerprint density at radius 1 is 0.814 bits per heavy atom. The van der Waals surface area contributed by atoms with Crippen molar-refractivity contribution in [2.24, 2.45) is 0 Å². The van der Waals surface area contributed by atoms with Crippen LogP contribution in [0.2, 0.25) is 0 Å². The van der Waals surface area contributed by atoms with Gasteiger partial charge in [0, 0.05) is 19.0 Å². The lowest BCUT2D eigenvalue weighted by Crippen LogP contribution is -2.54. The van der Waals surface area contributed by atoms with E-state index in [4.69, 9.17) is 0 Å². The van der Waals surface area contributed by atoms with Gasteiger partial charge < -0.3 is 10.2 Å². The summed E-state index contributed by atoms with van der Waals surface area (Å²) in [6, 6.07) is 28.6. The Labute approximate surface area is 253 Å². The van der Waals surface area contributed by atoms with Crippen LogP contribution >= 0.6 is 0 Å². The van der Waals surface area contributed by atoms with Crippen molar-refractivity contribution < 1.29 is 22.4 Å². The van der Waals surface area contributed by atoms with Crippen molar-refractivity contribution in [2.75, 3.05) is 10.8 Å². The highest BCUT2D eigenvalue weighted by molar-refractivity contribution is 7.92. The van der Waals surface area contributed by atoms with E-state index in [0.29, 0.717) is 0 Å². The molecule has 43 heavy (non-hydrogen) atoms. The minimum atomic E-state index is -4.29. The second-order valence-corrected chi connectivity index (χ2v) is 12.5. The fraction of sp³-hybridized carbons (Fsp3) is 0.235. The minimum absolute atomic E-state index is 0.0910. The molecule has 0 aliphatic rings. The van der Waals surface area contributed by atoms with Crippen molar-refractivity contribution in [2.45, 2.75) is 50.7 Å². The summed E-state index contributed by atoms with van der Waals surface area (Å²) in [6.07, 6.45) is 0.229. The molecule has 4 aromatic carbocycles. The molecule has 0 heterocycles. The average molecular weight is 602 g/mol. The number of halogens is 1. The second kappa shape index (κ2) is 14.1. The van der Waals surface area contributed by atoms with Crippen LogP contribution in [0.1, 0.15) is 30.5 Å². The van der Waals surface area contributed by atoms with Crippen LogP contribution in [0, 0.1) is 12.7 Å². The SMILES string of the molecule is Cc1ccccc1CN(C(=O)CN(c1ccccc1)S(=O)(=O)c1ccc(F)cc1)C(Cc1ccccc1)C(=O)NC(C)C. The van der Waals surface area contributed by atoms with Gasteiger partial charge in [0.25, 0.3) is 10.0 Å². The Hall–Kier alpha value is -4.50. The number of anilines is 1. The molecule has 1 atom stereocenters. The van der Waals surface area contributed by atoms with Crippen molar-refractivity contribution in [3.8, 4) is 0 Å². The summed E-state index contributed by atoms with van der Waals surface area (Å²) < 4.78 is 42.5. The molecule has 4 rings (SSSR count). The number of para-hydroxylation sites is 1. The Morgan fingerprint density at radius 2 is 1.40 bits per heavy atom. The zero-order valence-corrected chi connectivity index (χ0v) is 25.3. The maximum absolute atomic E-state index is 14.4. The van der Waals surface area contributed by atoms with Crippen molar-refractivity contribution in [1.82, 2.24) is 10.2 Å². The van der Waals surface area contributed by atoms with Crippen molar-refractivity contribution in [3.63, 3.8) is 0 Å². The standard InChI is InChI=1S/C34H36FN3O4S/c1-25(2)36-34(40)32(22-27-13-6-4-7-14-27)37(23-28-15-11-10-12-26(28)3)33(39)24-38(30-16-8-5-9-17-30)43(41,42)31-20-18-29(35)19-21-31/h4-21,25,32H,22-24H2,1-3H3,(H,36,40). The molecule has 0 bridgehead atoms. The summed E-state index contributed by atoms with van der Waals surface area (Å²) in [6.45, 7) is 5.13. The second-order valence-electron chi connectivity index (χ2n) is 10.6. The van der Waals surface area contributed by atoms with Crippen LogP contribution in [0.3, 0.4) is 0 Å². The maximum atomic E-state index is 14.4. The third-order valence-corrected chi connectivity index (χ3v) is 8.82. The predicted octanol–water partition coefficient (Wildman–Crippen LogP) is 5.49. The molecule has 1 unspecified atom stereocenters. The molecular formula is C34H36FN3O4S. The van der Waals surface area contributed by atoms with Crippen molar-refractivity contribution in [3.05, 3.63) is 132 Å². The third-order valence-electron chi connectivity index (χ3n) is 7.03. The lowest BCUT2D eigenvalue weighted by molar-refractivity contribution is -0.140. The number of nitrogens with zero attached hydrogens (tertiary/aromatic N) is 2. The Balaban J connectivity index is 1.79. The predicted molar refractivity (Wildman–Crippen MR) is 166 cm³/mol. The number of hydrogen-bond donors (Lipinski definition) is 1. The van der Waals surface area contributed by atoms with Crippen LogP contribution in [-0.4, -0.2) is 43.8 Å². The summed E-state index contributed by atoms with van der Waals surface area (Å²) in [5.41, 5.74) is 2.89. The molecular weight excluding hydrogens is 565 g/mol. The van der Waals surface area contributed by atoms with Gasteiger partial charge >= 0.3 is 0 Å². The zero-order valence-electron chi connectivity index (χ0n) is 24.5. The number of sulfonamides is 1. The molecule has 224 valence electrons. The number of aryl methyl sites for hydroxylation is 1. The van der Waals surface area contributed by atoms with Crippen LogP contribution in [0.5, 0.6) is 0 Å². The lowest BCUT2D eigenvalue weighted by atomic mass is 10.0. The van der Waals surface area contributed by atoms with Gasteiger partial charge in [-0.3, -0.25) is 13.9 Å². The number of nitrogens with one attached hydrogen (secondary N) is 1. The Bertz CT molecular complexity index is 1630. The largest absolute Gasteiger partial charge is 0.352 e. The Kier molecular flexibility index (Phi) is 10.3. The first-order valence-electron chi connectivity index (χ1n) is 14.1. The molecule has 0 spiro atoms. The molecule has 0 fully saturated rings. The van der Waals surface area contributed by atoms with E-state index in [1.165, 1.54) is 17.0 Å². The molecule has 2 amide bonds. The molecule has 4 aromatic rings. The highest BCUT2D eigenvalue weighted by Gasteiger charge is 2.35. The molecule has 7 nitrogen and oxygen atoms in total. The third kappa shape index (κ3) is 8.08. The molecule has 1 N–H and O–H groups in total. The van der Waals surface area contributed by atoms with Crippen LogP contribution in [-0.2, 0) is 32.6 Å².